The summed E-state index contributed by atoms with van der Waals surface area (Å²) in [7, 11) is 1.55. The summed E-state index contributed by atoms with van der Waals surface area (Å²) >= 11 is 2.18. The van der Waals surface area contributed by atoms with Crippen LogP contribution in [0.3, 0.4) is 0 Å². The number of alkyl halides is 1. The molecule has 0 aliphatic rings. The van der Waals surface area contributed by atoms with Gasteiger partial charge in [0.2, 0.25) is 0 Å². The Hall–Kier alpha value is -0.630. The molecule has 0 fully saturated rings. The fourth-order valence-corrected chi connectivity index (χ4v) is 1.15. The summed E-state index contributed by atoms with van der Waals surface area (Å²) in [6.45, 7) is 0.957. The minimum Gasteiger partial charge on any atom is -0.377 e. The predicted octanol–water partition coefficient (Wildman–Crippen LogP) is 0.986. The minimum atomic E-state index is -0.215. The van der Waals surface area contributed by atoms with Crippen LogP contribution in [0.5, 0.6) is 0 Å². The molecular weight excluding hydrogens is 299 g/mol. The number of hydrogen-bond donors (Lipinski definition) is 1. The molecular formula is C8H11IN2O3. The molecule has 5 nitrogen and oxygen atoms in total. The highest BCUT2D eigenvalue weighted by molar-refractivity contribution is 14.1. The summed E-state index contributed by atoms with van der Waals surface area (Å²) in [5, 5.41) is 6.31. The summed E-state index contributed by atoms with van der Waals surface area (Å²) < 4.78 is 10.6. The number of ether oxygens (including phenoxy) is 1. The van der Waals surface area contributed by atoms with Gasteiger partial charge in [0, 0.05) is 24.1 Å². The first-order valence-corrected chi connectivity index (χ1v) is 5.59. The molecule has 1 N–H and O–H groups in total. The number of amides is 1. The molecule has 1 amide bonds. The molecule has 78 valence electrons. The lowest BCUT2D eigenvalue weighted by Gasteiger charge is -1.96. The number of halogens is 1. The van der Waals surface area contributed by atoms with Gasteiger partial charge in [-0.25, -0.2) is 0 Å². The number of aromatic nitrogens is 1. The Balaban J connectivity index is 2.53. The molecule has 0 unspecified atom stereocenters. The lowest BCUT2D eigenvalue weighted by atomic mass is 10.3. The van der Waals surface area contributed by atoms with Crippen molar-refractivity contribution in [2.45, 2.75) is 6.61 Å². The molecule has 0 radical (unpaired) electrons. The number of carbonyl (C=O) groups excluding carboxylic acids is 1. The molecule has 0 spiro atoms. The van der Waals surface area contributed by atoms with E-state index in [2.05, 4.69) is 33.1 Å². The SMILES string of the molecule is COCc1cc(C(=O)NCCI)no1. The zero-order valence-electron chi connectivity index (χ0n) is 7.75. The van der Waals surface area contributed by atoms with Gasteiger partial charge in [-0.15, -0.1) is 0 Å². The lowest BCUT2D eigenvalue weighted by molar-refractivity contribution is 0.0946. The Morgan fingerprint density at radius 2 is 2.57 bits per heavy atom. The molecule has 1 aromatic heterocycles. The number of rotatable bonds is 5. The first-order chi connectivity index (χ1) is 6.77. The zero-order chi connectivity index (χ0) is 10.4. The van der Waals surface area contributed by atoms with Crippen molar-refractivity contribution >= 4 is 28.5 Å². The van der Waals surface area contributed by atoms with Crippen LogP contribution in [-0.4, -0.2) is 29.1 Å². The summed E-state index contributed by atoms with van der Waals surface area (Å²) in [6.07, 6.45) is 0. The van der Waals surface area contributed by atoms with Gasteiger partial charge in [0.05, 0.1) is 0 Å². The van der Waals surface area contributed by atoms with Gasteiger partial charge >= 0.3 is 0 Å². The monoisotopic (exact) mass is 310 g/mol. The van der Waals surface area contributed by atoms with E-state index in [-0.39, 0.29) is 5.91 Å². The van der Waals surface area contributed by atoms with E-state index >= 15 is 0 Å². The highest BCUT2D eigenvalue weighted by Crippen LogP contribution is 2.04. The van der Waals surface area contributed by atoms with Crippen LogP contribution >= 0.6 is 22.6 Å². The van der Waals surface area contributed by atoms with Crippen molar-refractivity contribution in [3.63, 3.8) is 0 Å². The largest absolute Gasteiger partial charge is 0.377 e. The van der Waals surface area contributed by atoms with Crippen molar-refractivity contribution in [2.75, 3.05) is 18.1 Å². The average molecular weight is 310 g/mol. The lowest BCUT2D eigenvalue weighted by Crippen LogP contribution is -2.25. The molecule has 1 heterocycles. The van der Waals surface area contributed by atoms with Crippen LogP contribution in [0.25, 0.3) is 0 Å². The van der Waals surface area contributed by atoms with Gasteiger partial charge in [0.15, 0.2) is 11.5 Å². The second kappa shape index (κ2) is 5.97. The van der Waals surface area contributed by atoms with Crippen LogP contribution in [0.4, 0.5) is 0 Å². The number of methoxy groups -OCH3 is 1. The Morgan fingerprint density at radius 3 is 3.21 bits per heavy atom. The molecule has 0 saturated heterocycles. The number of nitrogens with zero attached hydrogens (tertiary/aromatic N) is 1. The van der Waals surface area contributed by atoms with E-state index in [9.17, 15) is 4.79 Å². The van der Waals surface area contributed by atoms with Gasteiger partial charge in [-0.1, -0.05) is 27.7 Å². The molecule has 0 saturated carbocycles. The molecule has 0 atom stereocenters. The third-order valence-electron chi connectivity index (χ3n) is 1.46. The van der Waals surface area contributed by atoms with E-state index < -0.39 is 0 Å². The van der Waals surface area contributed by atoms with E-state index in [1.807, 2.05) is 0 Å². The van der Waals surface area contributed by atoms with Crippen molar-refractivity contribution in [2.24, 2.45) is 0 Å². The molecule has 0 bridgehead atoms. The van der Waals surface area contributed by atoms with Crippen molar-refractivity contribution in [1.82, 2.24) is 10.5 Å². The second-order valence-electron chi connectivity index (χ2n) is 2.56. The van der Waals surface area contributed by atoms with Crippen LogP contribution in [-0.2, 0) is 11.3 Å². The van der Waals surface area contributed by atoms with Crippen molar-refractivity contribution in [3.05, 3.63) is 17.5 Å². The van der Waals surface area contributed by atoms with Crippen molar-refractivity contribution in [3.8, 4) is 0 Å². The van der Waals surface area contributed by atoms with Gasteiger partial charge in [-0.3, -0.25) is 4.79 Å². The average Bonchev–Trinajstić information content (AvgIpc) is 2.63. The van der Waals surface area contributed by atoms with E-state index in [1.165, 1.54) is 0 Å². The van der Waals surface area contributed by atoms with Crippen LogP contribution in [0.2, 0.25) is 0 Å². The second-order valence-corrected chi connectivity index (χ2v) is 3.64. The van der Waals surface area contributed by atoms with E-state index in [0.717, 1.165) is 4.43 Å². The first kappa shape index (κ1) is 11.4. The topological polar surface area (TPSA) is 64.4 Å². The predicted molar refractivity (Wildman–Crippen MR) is 58.4 cm³/mol. The molecule has 0 aliphatic carbocycles. The highest BCUT2D eigenvalue weighted by Gasteiger charge is 2.11. The van der Waals surface area contributed by atoms with Gasteiger partial charge in [0.1, 0.15) is 6.61 Å². The van der Waals surface area contributed by atoms with Gasteiger partial charge < -0.3 is 14.6 Å². The standard InChI is InChI=1S/C8H11IN2O3/c1-13-5-6-4-7(11-14-6)8(12)10-3-2-9/h4H,2-3,5H2,1H3,(H,10,12). The molecule has 1 rings (SSSR count). The van der Waals surface area contributed by atoms with Crippen molar-refractivity contribution < 1.29 is 14.1 Å². The summed E-state index contributed by atoms with van der Waals surface area (Å²) in [6, 6.07) is 1.58. The van der Waals surface area contributed by atoms with Gasteiger partial charge in [-0.2, -0.15) is 0 Å². The number of nitrogens with one attached hydrogen (secondary N) is 1. The maximum absolute atomic E-state index is 11.3. The molecule has 1 aromatic rings. The first-order valence-electron chi connectivity index (χ1n) is 4.06. The molecule has 14 heavy (non-hydrogen) atoms. The quantitative estimate of drug-likeness (QED) is 0.650. The third kappa shape index (κ3) is 3.26. The molecule has 0 aliphatic heterocycles. The van der Waals surface area contributed by atoms with Gasteiger partial charge in [0.25, 0.3) is 5.91 Å². The highest BCUT2D eigenvalue weighted by atomic mass is 127. The Bertz CT molecular complexity index is 301. The minimum absolute atomic E-state index is 0.215. The Labute approximate surface area is 95.3 Å². The Kier molecular flexibility index (Phi) is 4.88. The summed E-state index contributed by atoms with van der Waals surface area (Å²) in [4.78, 5) is 11.3. The van der Waals surface area contributed by atoms with Crippen LogP contribution in [0, 0.1) is 0 Å². The molecule has 6 heteroatoms. The van der Waals surface area contributed by atoms with E-state index in [1.54, 1.807) is 13.2 Å². The summed E-state index contributed by atoms with van der Waals surface area (Å²) in [5.74, 6) is 0.333. The smallest absolute Gasteiger partial charge is 0.273 e. The van der Waals surface area contributed by atoms with Crippen molar-refractivity contribution in [1.29, 1.82) is 0 Å². The number of carbonyl (C=O) groups is 1. The zero-order valence-corrected chi connectivity index (χ0v) is 9.91. The van der Waals surface area contributed by atoms with E-state index in [4.69, 9.17) is 9.26 Å². The maximum atomic E-state index is 11.3. The van der Waals surface area contributed by atoms with E-state index in [0.29, 0.717) is 24.6 Å². The normalized spacial score (nSPS) is 10.1. The summed E-state index contributed by atoms with van der Waals surface area (Å²) in [5.41, 5.74) is 0.293. The van der Waals surface area contributed by atoms with Crippen LogP contribution in [0.1, 0.15) is 16.2 Å². The molecule has 0 aromatic carbocycles. The fourth-order valence-electron chi connectivity index (χ4n) is 0.882. The van der Waals surface area contributed by atoms with Crippen LogP contribution in [0.15, 0.2) is 10.6 Å². The van der Waals surface area contributed by atoms with Gasteiger partial charge in [-0.05, 0) is 0 Å². The fraction of sp³-hybridized carbons (Fsp3) is 0.500. The third-order valence-corrected chi connectivity index (χ3v) is 2.00. The number of hydrogen-bond acceptors (Lipinski definition) is 4. The van der Waals surface area contributed by atoms with Crippen LogP contribution < -0.4 is 5.32 Å². The Morgan fingerprint density at radius 1 is 1.79 bits per heavy atom. The maximum Gasteiger partial charge on any atom is 0.273 e.